The van der Waals surface area contributed by atoms with Gasteiger partial charge in [-0.05, 0) is 67.4 Å². The maximum atomic E-state index is 13.3. The summed E-state index contributed by atoms with van der Waals surface area (Å²) in [5, 5.41) is 13.0. The Labute approximate surface area is 195 Å². The highest BCUT2D eigenvalue weighted by molar-refractivity contribution is 6.32. The quantitative estimate of drug-likeness (QED) is 0.357. The van der Waals surface area contributed by atoms with Gasteiger partial charge in [-0.15, -0.1) is 0 Å². The van der Waals surface area contributed by atoms with Gasteiger partial charge in [0.2, 0.25) is 0 Å². The second kappa shape index (κ2) is 10.6. The van der Waals surface area contributed by atoms with Crippen molar-refractivity contribution in [2.24, 2.45) is 0 Å². The maximum absolute atomic E-state index is 13.3. The molecule has 5 nitrogen and oxygen atoms in total. The molecule has 2 N–H and O–H groups in total. The van der Waals surface area contributed by atoms with Crippen molar-refractivity contribution in [2.75, 3.05) is 11.9 Å². The lowest BCUT2D eigenvalue weighted by atomic mass is 10.1. The van der Waals surface area contributed by atoms with E-state index in [4.69, 9.17) is 37.8 Å². The second-order valence-corrected chi connectivity index (χ2v) is 7.87. The number of rotatable bonds is 9. The predicted octanol–water partition coefficient (Wildman–Crippen LogP) is 6.73. The summed E-state index contributed by atoms with van der Waals surface area (Å²) in [6.45, 7) is 4.65. The van der Waals surface area contributed by atoms with Crippen LogP contribution in [-0.4, -0.2) is 17.7 Å². The van der Waals surface area contributed by atoms with E-state index in [0.29, 0.717) is 35.2 Å². The normalized spacial score (nSPS) is 10.7. The lowest BCUT2D eigenvalue weighted by Gasteiger charge is -2.17. The van der Waals surface area contributed by atoms with Crippen LogP contribution in [0.1, 0.15) is 34.0 Å². The summed E-state index contributed by atoms with van der Waals surface area (Å²) in [5.41, 5.74) is 3.34. The summed E-state index contributed by atoms with van der Waals surface area (Å²) in [7, 11) is 0. The molecule has 0 aliphatic rings. The number of carbonyl (C=O) groups is 1. The van der Waals surface area contributed by atoms with Crippen LogP contribution >= 0.6 is 23.2 Å². The number of carboxylic acid groups (broad SMARTS) is 1. The molecule has 3 rings (SSSR count). The lowest BCUT2D eigenvalue weighted by Crippen LogP contribution is -2.05. The number of halogens is 3. The topological polar surface area (TPSA) is 67.8 Å². The summed E-state index contributed by atoms with van der Waals surface area (Å²) in [6, 6.07) is 12.6. The molecule has 0 heterocycles. The highest BCUT2D eigenvalue weighted by Gasteiger charge is 2.14. The van der Waals surface area contributed by atoms with E-state index in [9.17, 15) is 9.18 Å². The second-order valence-electron chi connectivity index (χ2n) is 7.05. The number of aromatic carboxylic acids is 1. The molecular formula is C24H22Cl2FNO4. The van der Waals surface area contributed by atoms with Crippen molar-refractivity contribution < 1.29 is 23.8 Å². The van der Waals surface area contributed by atoms with Gasteiger partial charge in [-0.1, -0.05) is 29.3 Å². The van der Waals surface area contributed by atoms with Crippen molar-refractivity contribution in [1.82, 2.24) is 0 Å². The van der Waals surface area contributed by atoms with Gasteiger partial charge in [0.15, 0.2) is 11.5 Å². The molecule has 168 valence electrons. The number of nitrogens with one attached hydrogen (secondary N) is 1. The van der Waals surface area contributed by atoms with Gasteiger partial charge in [0.1, 0.15) is 12.4 Å². The van der Waals surface area contributed by atoms with Crippen molar-refractivity contribution in [1.29, 1.82) is 0 Å². The molecule has 32 heavy (non-hydrogen) atoms. The van der Waals surface area contributed by atoms with E-state index in [1.54, 1.807) is 30.3 Å². The molecule has 0 aliphatic heterocycles. The number of hydrogen-bond acceptors (Lipinski definition) is 4. The fraction of sp³-hybridized carbons (Fsp3) is 0.208. The van der Waals surface area contributed by atoms with Gasteiger partial charge in [0, 0.05) is 17.8 Å². The van der Waals surface area contributed by atoms with Gasteiger partial charge in [-0.3, -0.25) is 0 Å². The van der Waals surface area contributed by atoms with Crippen LogP contribution in [0.3, 0.4) is 0 Å². The number of hydrogen-bond donors (Lipinski definition) is 2. The summed E-state index contributed by atoms with van der Waals surface area (Å²) < 4.78 is 24.8. The summed E-state index contributed by atoms with van der Waals surface area (Å²) >= 11 is 12.6. The van der Waals surface area contributed by atoms with E-state index in [-0.39, 0.29) is 17.2 Å². The Morgan fingerprint density at radius 3 is 2.50 bits per heavy atom. The Morgan fingerprint density at radius 2 is 1.84 bits per heavy atom. The van der Waals surface area contributed by atoms with E-state index >= 15 is 0 Å². The molecule has 0 atom stereocenters. The minimum absolute atomic E-state index is 0.103. The zero-order valence-corrected chi connectivity index (χ0v) is 19.1. The Balaban J connectivity index is 1.76. The smallest absolute Gasteiger partial charge is 0.335 e. The maximum Gasteiger partial charge on any atom is 0.335 e. The van der Waals surface area contributed by atoms with Gasteiger partial charge in [0.25, 0.3) is 0 Å². The third-order valence-electron chi connectivity index (χ3n) is 4.71. The van der Waals surface area contributed by atoms with Crippen LogP contribution in [0, 0.1) is 12.7 Å². The fourth-order valence-corrected chi connectivity index (χ4v) is 3.62. The van der Waals surface area contributed by atoms with Crippen molar-refractivity contribution in [3.63, 3.8) is 0 Å². The van der Waals surface area contributed by atoms with E-state index < -0.39 is 11.8 Å². The first-order valence-electron chi connectivity index (χ1n) is 9.88. The monoisotopic (exact) mass is 477 g/mol. The number of ether oxygens (including phenoxy) is 2. The van der Waals surface area contributed by atoms with Crippen molar-refractivity contribution in [3.05, 3.63) is 86.6 Å². The molecular weight excluding hydrogens is 456 g/mol. The van der Waals surface area contributed by atoms with Crippen LogP contribution < -0.4 is 14.8 Å². The first-order chi connectivity index (χ1) is 15.3. The summed E-state index contributed by atoms with van der Waals surface area (Å²) in [4.78, 5) is 11.1. The van der Waals surface area contributed by atoms with Crippen LogP contribution in [0.4, 0.5) is 10.1 Å². The average Bonchev–Trinajstić information content (AvgIpc) is 2.73. The van der Waals surface area contributed by atoms with Crippen LogP contribution in [0.2, 0.25) is 10.0 Å². The molecule has 8 heteroatoms. The number of carboxylic acids is 1. The third-order valence-corrected chi connectivity index (χ3v) is 5.35. The van der Waals surface area contributed by atoms with Crippen LogP contribution in [0.25, 0.3) is 0 Å². The molecule has 3 aromatic carbocycles. The molecule has 0 bridgehead atoms. The minimum Gasteiger partial charge on any atom is -0.490 e. The number of benzene rings is 3. The molecule has 0 aromatic heterocycles. The number of anilines is 1. The zero-order valence-electron chi connectivity index (χ0n) is 17.5. The van der Waals surface area contributed by atoms with Crippen LogP contribution in [0.15, 0.2) is 48.5 Å². The molecule has 0 unspecified atom stereocenters. The third kappa shape index (κ3) is 5.84. The van der Waals surface area contributed by atoms with Gasteiger partial charge in [-0.25, -0.2) is 9.18 Å². The molecule has 0 spiro atoms. The van der Waals surface area contributed by atoms with Gasteiger partial charge < -0.3 is 19.9 Å². The Bertz CT molecular complexity index is 1140. The van der Waals surface area contributed by atoms with Gasteiger partial charge in [-0.2, -0.15) is 0 Å². The minimum atomic E-state index is -0.967. The van der Waals surface area contributed by atoms with Crippen molar-refractivity contribution in [2.45, 2.75) is 27.0 Å². The summed E-state index contributed by atoms with van der Waals surface area (Å²) in [5.74, 6) is -0.533. The van der Waals surface area contributed by atoms with E-state index in [1.165, 1.54) is 12.1 Å². The lowest BCUT2D eigenvalue weighted by molar-refractivity contribution is 0.0697. The molecule has 3 aromatic rings. The largest absolute Gasteiger partial charge is 0.490 e. The zero-order chi connectivity index (χ0) is 23.3. The molecule has 0 aliphatic carbocycles. The van der Waals surface area contributed by atoms with Crippen LogP contribution in [-0.2, 0) is 13.2 Å². The van der Waals surface area contributed by atoms with E-state index in [2.05, 4.69) is 5.32 Å². The first kappa shape index (κ1) is 23.7. The molecule has 0 amide bonds. The van der Waals surface area contributed by atoms with Gasteiger partial charge in [0.05, 0.1) is 22.2 Å². The predicted molar refractivity (Wildman–Crippen MR) is 124 cm³/mol. The molecule has 0 saturated heterocycles. The Hall–Kier alpha value is -2.96. The van der Waals surface area contributed by atoms with Crippen molar-refractivity contribution in [3.8, 4) is 11.5 Å². The molecule has 0 fully saturated rings. The highest BCUT2D eigenvalue weighted by atomic mass is 35.5. The highest BCUT2D eigenvalue weighted by Crippen LogP contribution is 2.38. The van der Waals surface area contributed by atoms with Crippen molar-refractivity contribution >= 4 is 34.9 Å². The van der Waals surface area contributed by atoms with E-state index in [1.807, 2.05) is 19.9 Å². The Kier molecular flexibility index (Phi) is 7.83. The molecule has 0 saturated carbocycles. The van der Waals surface area contributed by atoms with E-state index in [0.717, 1.165) is 16.8 Å². The molecule has 0 radical (unpaired) electrons. The standard InChI is InChI=1S/C24H22Cl2FNO4/c1-3-31-22-10-15(12-28-21-7-5-16(24(29)30)8-14(21)2)9-20(26)23(22)32-13-17-4-6-18(27)11-19(17)25/h4-11,28H,3,12-13H2,1-2H3,(H,29,30). The SMILES string of the molecule is CCOc1cc(CNc2ccc(C(=O)O)cc2C)cc(Cl)c1OCc1ccc(F)cc1Cl. The summed E-state index contributed by atoms with van der Waals surface area (Å²) in [6.07, 6.45) is 0. The Morgan fingerprint density at radius 1 is 1.06 bits per heavy atom. The fourth-order valence-electron chi connectivity index (χ4n) is 3.11. The number of aryl methyl sites for hydroxylation is 1. The average molecular weight is 478 g/mol. The first-order valence-corrected chi connectivity index (χ1v) is 10.6. The van der Waals surface area contributed by atoms with Crippen LogP contribution in [0.5, 0.6) is 11.5 Å². The van der Waals surface area contributed by atoms with Gasteiger partial charge >= 0.3 is 5.97 Å².